The Balaban J connectivity index is 2.49. The fourth-order valence-electron chi connectivity index (χ4n) is 0.949. The Bertz CT molecular complexity index is 272. The van der Waals surface area contributed by atoms with Gasteiger partial charge in [0, 0.05) is 6.92 Å². The summed E-state index contributed by atoms with van der Waals surface area (Å²) in [5, 5.41) is -0.259. The number of carbonyl (C=O) groups is 1. The molecule has 0 aromatic heterocycles. The van der Waals surface area contributed by atoms with Crippen molar-refractivity contribution in [3.8, 4) is 0 Å². The number of carbonyl (C=O) groups excluding carboxylic acids is 1. The van der Waals surface area contributed by atoms with Crippen molar-refractivity contribution in [3.05, 3.63) is 35.9 Å². The summed E-state index contributed by atoms with van der Waals surface area (Å²) in [4.78, 5) is 10.5. The van der Waals surface area contributed by atoms with Crippen molar-refractivity contribution >= 4 is 17.6 Å². The Morgan fingerprint density at radius 2 is 2.08 bits per heavy atom. The van der Waals surface area contributed by atoms with E-state index in [1.807, 2.05) is 30.3 Å². The van der Waals surface area contributed by atoms with Gasteiger partial charge >= 0.3 is 5.97 Å². The zero-order valence-electron chi connectivity index (χ0n) is 7.37. The summed E-state index contributed by atoms with van der Waals surface area (Å²) in [5.41, 5.74) is 0.963. The molecule has 1 aromatic carbocycles. The van der Waals surface area contributed by atoms with Gasteiger partial charge in [-0.3, -0.25) is 4.79 Å². The van der Waals surface area contributed by atoms with Crippen molar-refractivity contribution in [2.24, 2.45) is 0 Å². The van der Waals surface area contributed by atoms with Gasteiger partial charge in [-0.25, -0.2) is 0 Å². The van der Waals surface area contributed by atoms with Gasteiger partial charge in [-0.05, 0) is 5.56 Å². The molecule has 1 atom stereocenters. The number of rotatable bonds is 3. The minimum atomic E-state index is -0.304. The molecule has 0 saturated carbocycles. The van der Waals surface area contributed by atoms with E-state index in [-0.39, 0.29) is 18.0 Å². The lowest BCUT2D eigenvalue weighted by molar-refractivity contribution is -0.140. The van der Waals surface area contributed by atoms with Crippen LogP contribution < -0.4 is 0 Å². The maximum Gasteiger partial charge on any atom is 0.302 e. The van der Waals surface area contributed by atoms with Crippen molar-refractivity contribution < 1.29 is 9.53 Å². The Morgan fingerprint density at radius 1 is 1.46 bits per heavy atom. The molecular weight excluding hydrogens is 188 g/mol. The monoisotopic (exact) mass is 198 g/mol. The third-order valence-corrected chi connectivity index (χ3v) is 1.97. The predicted molar refractivity (Wildman–Crippen MR) is 51.7 cm³/mol. The minimum Gasteiger partial charge on any atom is -0.464 e. The first kappa shape index (κ1) is 10.1. The van der Waals surface area contributed by atoms with Crippen molar-refractivity contribution in [3.63, 3.8) is 0 Å². The van der Waals surface area contributed by atoms with Gasteiger partial charge in [0.25, 0.3) is 0 Å². The third kappa shape index (κ3) is 3.47. The minimum absolute atomic E-state index is 0.223. The normalized spacial score (nSPS) is 12.2. The molecule has 70 valence electrons. The smallest absolute Gasteiger partial charge is 0.302 e. The highest BCUT2D eigenvalue weighted by Crippen LogP contribution is 2.19. The lowest BCUT2D eigenvalue weighted by Gasteiger charge is -2.08. The SMILES string of the molecule is CC(=O)OC[C@@H](Cl)c1ccccc1. The van der Waals surface area contributed by atoms with Crippen LogP contribution in [-0.2, 0) is 9.53 Å². The number of ether oxygens (including phenoxy) is 1. The average Bonchev–Trinajstić information content (AvgIpc) is 2.15. The Morgan fingerprint density at radius 3 is 2.62 bits per heavy atom. The van der Waals surface area contributed by atoms with Gasteiger partial charge in [0.15, 0.2) is 0 Å². The molecule has 13 heavy (non-hydrogen) atoms. The number of alkyl halides is 1. The second kappa shape index (κ2) is 4.87. The van der Waals surface area contributed by atoms with Crippen molar-refractivity contribution in [2.45, 2.75) is 12.3 Å². The maximum absolute atomic E-state index is 10.5. The first-order valence-electron chi connectivity index (χ1n) is 4.02. The quantitative estimate of drug-likeness (QED) is 0.551. The van der Waals surface area contributed by atoms with E-state index in [0.29, 0.717) is 0 Å². The molecule has 0 fully saturated rings. The predicted octanol–water partition coefficient (Wildman–Crippen LogP) is 2.53. The van der Waals surface area contributed by atoms with Gasteiger partial charge < -0.3 is 4.74 Å². The van der Waals surface area contributed by atoms with Crippen LogP contribution in [0, 0.1) is 0 Å². The lowest BCUT2D eigenvalue weighted by atomic mass is 10.2. The molecule has 0 spiro atoms. The van der Waals surface area contributed by atoms with Crippen molar-refractivity contribution in [2.75, 3.05) is 6.61 Å². The Kier molecular flexibility index (Phi) is 3.77. The second-order valence-electron chi connectivity index (χ2n) is 2.68. The molecule has 0 amide bonds. The van der Waals surface area contributed by atoms with Crippen LogP contribution in [0.4, 0.5) is 0 Å². The van der Waals surface area contributed by atoms with Crippen LogP contribution in [0.15, 0.2) is 30.3 Å². The maximum atomic E-state index is 10.5. The summed E-state index contributed by atoms with van der Waals surface area (Å²) in [6, 6.07) is 9.53. The van der Waals surface area contributed by atoms with Crippen LogP contribution in [0.3, 0.4) is 0 Å². The van der Waals surface area contributed by atoms with E-state index in [1.165, 1.54) is 6.92 Å². The van der Waals surface area contributed by atoms with E-state index in [9.17, 15) is 4.79 Å². The van der Waals surface area contributed by atoms with Crippen LogP contribution in [0.25, 0.3) is 0 Å². The molecule has 0 bridgehead atoms. The van der Waals surface area contributed by atoms with Gasteiger partial charge in [-0.2, -0.15) is 0 Å². The molecule has 0 heterocycles. The number of esters is 1. The zero-order chi connectivity index (χ0) is 9.68. The molecule has 0 aliphatic carbocycles. The molecule has 2 nitrogen and oxygen atoms in total. The van der Waals surface area contributed by atoms with Gasteiger partial charge in [-0.1, -0.05) is 30.3 Å². The van der Waals surface area contributed by atoms with E-state index in [0.717, 1.165) is 5.56 Å². The molecule has 0 aliphatic heterocycles. The highest BCUT2D eigenvalue weighted by Gasteiger charge is 2.08. The number of benzene rings is 1. The molecule has 1 rings (SSSR count). The molecule has 0 radical (unpaired) electrons. The first-order chi connectivity index (χ1) is 6.20. The molecule has 0 unspecified atom stereocenters. The molecule has 1 aromatic rings. The Hall–Kier alpha value is -1.02. The molecule has 0 aliphatic rings. The molecule has 0 saturated heterocycles. The van der Waals surface area contributed by atoms with Crippen molar-refractivity contribution in [1.82, 2.24) is 0 Å². The molecular formula is C10H11ClO2. The number of hydrogen-bond acceptors (Lipinski definition) is 2. The topological polar surface area (TPSA) is 26.3 Å². The molecule has 0 N–H and O–H groups in total. The van der Waals surface area contributed by atoms with Crippen LogP contribution >= 0.6 is 11.6 Å². The van der Waals surface area contributed by atoms with E-state index in [4.69, 9.17) is 16.3 Å². The fourth-order valence-corrected chi connectivity index (χ4v) is 1.16. The highest BCUT2D eigenvalue weighted by atomic mass is 35.5. The average molecular weight is 199 g/mol. The standard InChI is InChI=1S/C10H11ClO2/c1-8(12)13-7-10(11)9-5-3-2-4-6-9/h2-6,10H,7H2,1H3/t10-/m1/s1. The summed E-state index contributed by atoms with van der Waals surface area (Å²) in [5.74, 6) is -0.304. The fraction of sp³-hybridized carbons (Fsp3) is 0.300. The summed E-state index contributed by atoms with van der Waals surface area (Å²) in [7, 11) is 0. The van der Waals surface area contributed by atoms with Crippen LogP contribution in [0.5, 0.6) is 0 Å². The zero-order valence-corrected chi connectivity index (χ0v) is 8.12. The summed E-state index contributed by atoms with van der Waals surface area (Å²) >= 11 is 5.97. The summed E-state index contributed by atoms with van der Waals surface area (Å²) in [6.45, 7) is 1.59. The number of hydrogen-bond donors (Lipinski definition) is 0. The van der Waals surface area contributed by atoms with Crippen molar-refractivity contribution in [1.29, 1.82) is 0 Å². The summed E-state index contributed by atoms with van der Waals surface area (Å²) in [6.07, 6.45) is 0. The second-order valence-corrected chi connectivity index (χ2v) is 3.21. The van der Waals surface area contributed by atoms with Gasteiger partial charge in [0.2, 0.25) is 0 Å². The van der Waals surface area contributed by atoms with E-state index in [2.05, 4.69) is 0 Å². The summed E-state index contributed by atoms with van der Waals surface area (Å²) < 4.78 is 4.79. The third-order valence-electron chi connectivity index (χ3n) is 1.59. The first-order valence-corrected chi connectivity index (χ1v) is 4.46. The largest absolute Gasteiger partial charge is 0.464 e. The van der Waals surface area contributed by atoms with Gasteiger partial charge in [-0.15, -0.1) is 11.6 Å². The van der Waals surface area contributed by atoms with Gasteiger partial charge in [0.1, 0.15) is 6.61 Å². The van der Waals surface area contributed by atoms with Gasteiger partial charge in [0.05, 0.1) is 5.38 Å². The van der Waals surface area contributed by atoms with E-state index in [1.54, 1.807) is 0 Å². The van der Waals surface area contributed by atoms with E-state index >= 15 is 0 Å². The molecule has 3 heteroatoms. The van der Waals surface area contributed by atoms with Crippen LogP contribution in [-0.4, -0.2) is 12.6 Å². The van der Waals surface area contributed by atoms with Crippen LogP contribution in [0.1, 0.15) is 17.9 Å². The lowest BCUT2D eigenvalue weighted by Crippen LogP contribution is -2.05. The van der Waals surface area contributed by atoms with E-state index < -0.39 is 0 Å². The highest BCUT2D eigenvalue weighted by molar-refractivity contribution is 6.21. The number of halogens is 1. The Labute approximate surface area is 82.5 Å². The van der Waals surface area contributed by atoms with Crippen LogP contribution in [0.2, 0.25) is 0 Å².